The smallest absolute Gasteiger partial charge is 0.251 e. The first kappa shape index (κ1) is 27.1. The van der Waals surface area contributed by atoms with Crippen LogP contribution >= 0.6 is 0 Å². The molecule has 0 saturated heterocycles. The molecule has 0 radical (unpaired) electrons. The summed E-state index contributed by atoms with van der Waals surface area (Å²) in [6.07, 6.45) is 1.90. The third-order valence-corrected chi connectivity index (χ3v) is 5.64. The van der Waals surface area contributed by atoms with E-state index >= 15 is 0 Å². The minimum atomic E-state index is -0.291. The Morgan fingerprint density at radius 1 is 1.09 bits per heavy atom. The molecule has 0 aliphatic rings. The van der Waals surface area contributed by atoms with Crippen LogP contribution in [0, 0.1) is 17.2 Å². The van der Waals surface area contributed by atoms with Crippen LogP contribution in [0.3, 0.4) is 0 Å². The summed E-state index contributed by atoms with van der Waals surface area (Å²) in [7, 11) is 1.64. The Balaban J connectivity index is 2.12. The summed E-state index contributed by atoms with van der Waals surface area (Å²) in [5, 5.41) is 11.0. The summed E-state index contributed by atoms with van der Waals surface area (Å²) < 4.78 is 5.22. The van der Waals surface area contributed by atoms with Gasteiger partial charge in [0.25, 0.3) is 5.91 Å². The largest absolute Gasteiger partial charge is 0.385 e. The fourth-order valence-corrected chi connectivity index (χ4v) is 4.08. The van der Waals surface area contributed by atoms with Gasteiger partial charge in [0.1, 0.15) is 0 Å². The summed E-state index contributed by atoms with van der Waals surface area (Å²) in [4.78, 5) is 27.1. The molecule has 0 aromatic heterocycles. The number of carbonyl (C=O) groups is 2. The Kier molecular flexibility index (Phi) is 10.7. The molecule has 0 saturated carbocycles. The van der Waals surface area contributed by atoms with Gasteiger partial charge in [-0.25, -0.2) is 0 Å². The molecule has 2 rings (SSSR count). The molecule has 0 aliphatic heterocycles. The van der Waals surface area contributed by atoms with Crippen LogP contribution in [0.4, 0.5) is 0 Å². The SMILES string of the molecule is COCC[C@H](NC(=O)c1cccc(CN(C(=N)N)C(=O)C[C@@H](C)CC(C)C)c1)c1ccccc1. The molecule has 0 aliphatic carbocycles. The molecule has 0 fully saturated rings. The lowest BCUT2D eigenvalue weighted by Crippen LogP contribution is -2.41. The minimum absolute atomic E-state index is 0.148. The second kappa shape index (κ2) is 13.5. The molecule has 2 atom stereocenters. The molecule has 2 aromatic carbocycles. The van der Waals surface area contributed by atoms with Crippen molar-refractivity contribution in [3.05, 3.63) is 71.3 Å². The molecule has 7 heteroatoms. The molecule has 184 valence electrons. The van der Waals surface area contributed by atoms with E-state index in [1.165, 1.54) is 4.90 Å². The Hall–Kier alpha value is -3.19. The van der Waals surface area contributed by atoms with Gasteiger partial charge in [-0.1, -0.05) is 63.2 Å². The summed E-state index contributed by atoms with van der Waals surface area (Å²) >= 11 is 0. The lowest BCUT2D eigenvalue weighted by Gasteiger charge is -2.23. The molecular weight excluding hydrogens is 428 g/mol. The highest BCUT2D eigenvalue weighted by Gasteiger charge is 2.21. The Labute approximate surface area is 203 Å². The normalized spacial score (nSPS) is 12.7. The van der Waals surface area contributed by atoms with Crippen LogP contribution in [0.2, 0.25) is 0 Å². The molecule has 34 heavy (non-hydrogen) atoms. The van der Waals surface area contributed by atoms with Gasteiger partial charge < -0.3 is 15.8 Å². The maximum Gasteiger partial charge on any atom is 0.251 e. The van der Waals surface area contributed by atoms with Gasteiger partial charge in [-0.15, -0.1) is 0 Å². The molecule has 0 bridgehead atoms. The number of benzene rings is 2. The van der Waals surface area contributed by atoms with E-state index in [1.54, 1.807) is 25.3 Å². The maximum absolute atomic E-state index is 13.0. The van der Waals surface area contributed by atoms with Crippen molar-refractivity contribution >= 4 is 17.8 Å². The zero-order valence-corrected chi connectivity index (χ0v) is 20.7. The highest BCUT2D eigenvalue weighted by molar-refractivity contribution is 5.96. The monoisotopic (exact) mass is 466 g/mol. The van der Waals surface area contributed by atoms with Gasteiger partial charge in [0.05, 0.1) is 12.6 Å². The van der Waals surface area contributed by atoms with Crippen molar-refractivity contribution in [2.45, 2.75) is 52.6 Å². The number of guanidine groups is 1. The van der Waals surface area contributed by atoms with Crippen molar-refractivity contribution in [3.63, 3.8) is 0 Å². The molecule has 7 nitrogen and oxygen atoms in total. The van der Waals surface area contributed by atoms with E-state index in [0.29, 0.717) is 30.9 Å². The summed E-state index contributed by atoms with van der Waals surface area (Å²) in [5.41, 5.74) is 7.96. The molecule has 0 heterocycles. The number of carbonyl (C=O) groups excluding carboxylic acids is 2. The van der Waals surface area contributed by atoms with Gasteiger partial charge in [0, 0.05) is 25.7 Å². The zero-order chi connectivity index (χ0) is 25.1. The first-order valence-corrected chi connectivity index (χ1v) is 11.8. The van der Waals surface area contributed by atoms with Crippen LogP contribution in [0.15, 0.2) is 54.6 Å². The van der Waals surface area contributed by atoms with E-state index in [4.69, 9.17) is 15.9 Å². The van der Waals surface area contributed by atoms with Crippen LogP contribution in [0.25, 0.3) is 0 Å². The predicted octanol–water partition coefficient (Wildman–Crippen LogP) is 4.49. The van der Waals surface area contributed by atoms with Crippen LogP contribution in [0.5, 0.6) is 0 Å². The van der Waals surface area contributed by atoms with E-state index in [-0.39, 0.29) is 36.3 Å². The third-order valence-electron chi connectivity index (χ3n) is 5.64. The highest BCUT2D eigenvalue weighted by atomic mass is 16.5. The molecule has 2 aromatic rings. The average Bonchev–Trinajstić information content (AvgIpc) is 2.79. The number of hydrogen-bond acceptors (Lipinski definition) is 4. The first-order valence-electron chi connectivity index (χ1n) is 11.8. The number of amides is 2. The van der Waals surface area contributed by atoms with Crippen molar-refractivity contribution in [1.82, 2.24) is 10.2 Å². The van der Waals surface area contributed by atoms with Crippen molar-refractivity contribution in [2.24, 2.45) is 17.6 Å². The zero-order valence-electron chi connectivity index (χ0n) is 20.7. The fourth-order valence-electron chi connectivity index (χ4n) is 4.08. The van der Waals surface area contributed by atoms with Crippen LogP contribution in [0.1, 0.15) is 67.6 Å². The van der Waals surface area contributed by atoms with Crippen LogP contribution in [-0.2, 0) is 16.1 Å². The molecular formula is C27H38N4O3. The fraction of sp³-hybridized carbons (Fsp3) is 0.444. The van der Waals surface area contributed by atoms with E-state index in [1.807, 2.05) is 43.3 Å². The number of hydrogen-bond donors (Lipinski definition) is 3. The highest BCUT2D eigenvalue weighted by Crippen LogP contribution is 2.19. The van der Waals surface area contributed by atoms with Crippen molar-refractivity contribution in [1.29, 1.82) is 5.41 Å². The summed E-state index contributed by atoms with van der Waals surface area (Å²) in [6.45, 7) is 6.95. The molecule has 0 unspecified atom stereocenters. The minimum Gasteiger partial charge on any atom is -0.385 e. The lowest BCUT2D eigenvalue weighted by molar-refractivity contribution is -0.128. The molecule has 0 spiro atoms. The van der Waals surface area contributed by atoms with Crippen molar-refractivity contribution in [2.75, 3.05) is 13.7 Å². The van der Waals surface area contributed by atoms with Gasteiger partial charge in [0.15, 0.2) is 5.96 Å². The Morgan fingerprint density at radius 3 is 2.41 bits per heavy atom. The topological polar surface area (TPSA) is 109 Å². The van der Waals surface area contributed by atoms with E-state index < -0.39 is 0 Å². The molecule has 4 N–H and O–H groups in total. The number of nitrogens with zero attached hydrogens (tertiary/aromatic N) is 1. The Morgan fingerprint density at radius 2 is 1.79 bits per heavy atom. The van der Waals surface area contributed by atoms with Crippen molar-refractivity contribution in [3.8, 4) is 0 Å². The second-order valence-electron chi connectivity index (χ2n) is 9.22. The predicted molar refractivity (Wildman–Crippen MR) is 135 cm³/mol. The van der Waals surface area contributed by atoms with Gasteiger partial charge in [0.2, 0.25) is 5.91 Å². The average molecular weight is 467 g/mol. The standard InChI is InChI=1S/C27H38N4O3/c1-19(2)15-20(3)16-25(32)31(27(28)29)18-21-9-8-12-23(17-21)26(33)30-24(13-14-34-4)22-10-6-5-7-11-22/h5-12,17,19-20,24H,13-16,18H2,1-4H3,(H3,28,29)(H,30,33)/t20-,24-/m0/s1. The number of ether oxygens (including phenoxy) is 1. The number of nitrogens with two attached hydrogens (primary N) is 1. The first-order chi connectivity index (χ1) is 16.2. The lowest BCUT2D eigenvalue weighted by atomic mass is 9.95. The summed E-state index contributed by atoms with van der Waals surface area (Å²) in [5.74, 6) is 0.0124. The van der Waals surface area contributed by atoms with Gasteiger partial charge >= 0.3 is 0 Å². The summed E-state index contributed by atoms with van der Waals surface area (Å²) in [6, 6.07) is 16.7. The quantitative estimate of drug-likeness (QED) is 0.316. The van der Waals surface area contributed by atoms with Gasteiger partial charge in [-0.3, -0.25) is 19.9 Å². The Bertz CT molecular complexity index is 946. The van der Waals surface area contributed by atoms with Crippen molar-refractivity contribution < 1.29 is 14.3 Å². The number of rotatable bonds is 12. The number of methoxy groups -OCH3 is 1. The van der Waals surface area contributed by atoms with Gasteiger partial charge in [-0.05, 0) is 47.9 Å². The van der Waals surface area contributed by atoms with E-state index in [2.05, 4.69) is 19.2 Å². The van der Waals surface area contributed by atoms with Gasteiger partial charge in [-0.2, -0.15) is 0 Å². The maximum atomic E-state index is 13.0. The van der Waals surface area contributed by atoms with Crippen LogP contribution in [-0.4, -0.2) is 36.4 Å². The van der Waals surface area contributed by atoms with Crippen LogP contribution < -0.4 is 11.1 Å². The third kappa shape index (κ3) is 8.63. The number of nitrogens with one attached hydrogen (secondary N) is 2. The molecule has 2 amide bonds. The van der Waals surface area contributed by atoms with E-state index in [9.17, 15) is 9.59 Å². The van der Waals surface area contributed by atoms with E-state index in [0.717, 1.165) is 17.5 Å². The second-order valence-corrected chi connectivity index (χ2v) is 9.22.